The van der Waals surface area contributed by atoms with Crippen LogP contribution >= 0.6 is 0 Å². The van der Waals surface area contributed by atoms with Gasteiger partial charge in [0.2, 0.25) is 0 Å². The van der Waals surface area contributed by atoms with E-state index < -0.39 is 0 Å². The highest BCUT2D eigenvalue weighted by atomic mass is 16.5. The van der Waals surface area contributed by atoms with E-state index in [1.54, 1.807) is 0 Å². The number of ether oxygens (including phenoxy) is 1. The molecule has 2 N–H and O–H groups in total. The van der Waals surface area contributed by atoms with Gasteiger partial charge in [0.05, 0.1) is 24.9 Å². The van der Waals surface area contributed by atoms with Crippen LogP contribution in [-0.2, 0) is 4.74 Å². The number of rotatable bonds is 3. The summed E-state index contributed by atoms with van der Waals surface area (Å²) < 4.78 is 5.61. The first-order valence-electron chi connectivity index (χ1n) is 7.94. The van der Waals surface area contributed by atoms with E-state index in [-0.39, 0.29) is 11.9 Å². The van der Waals surface area contributed by atoms with Gasteiger partial charge in [-0.3, -0.25) is 15.0 Å². The molecule has 7 heteroatoms. The zero-order valence-corrected chi connectivity index (χ0v) is 14.0. The fourth-order valence-corrected chi connectivity index (χ4v) is 3.03. The molecular weight excluding hydrogens is 294 g/mol. The minimum atomic E-state index is -0.130. The highest BCUT2D eigenvalue weighted by Crippen LogP contribution is 2.29. The molecule has 1 saturated heterocycles. The molecule has 0 bridgehead atoms. The summed E-state index contributed by atoms with van der Waals surface area (Å²) in [5.74, 6) is 0.240. The molecule has 3 rings (SSSR count). The lowest BCUT2D eigenvalue weighted by Gasteiger charge is -2.35. The maximum Gasteiger partial charge on any atom is 0.275 e. The number of nitrogens with one attached hydrogen (secondary N) is 2. The van der Waals surface area contributed by atoms with Crippen LogP contribution in [0.15, 0.2) is 6.07 Å². The summed E-state index contributed by atoms with van der Waals surface area (Å²) in [6.45, 7) is 9.63. The van der Waals surface area contributed by atoms with E-state index in [1.165, 1.54) is 0 Å². The molecule has 23 heavy (non-hydrogen) atoms. The highest BCUT2D eigenvalue weighted by Gasteiger charge is 2.33. The largest absolute Gasteiger partial charge is 0.377 e. The number of aromatic amines is 2. The number of carbonyl (C=O) groups is 1. The molecule has 1 aliphatic rings. The van der Waals surface area contributed by atoms with E-state index in [0.717, 1.165) is 22.6 Å². The van der Waals surface area contributed by atoms with Crippen LogP contribution in [0.1, 0.15) is 58.9 Å². The lowest BCUT2D eigenvalue weighted by Crippen LogP contribution is -2.44. The number of carbonyl (C=O) groups excluding carboxylic acids is 1. The van der Waals surface area contributed by atoms with Gasteiger partial charge >= 0.3 is 0 Å². The van der Waals surface area contributed by atoms with Gasteiger partial charge in [-0.15, -0.1) is 0 Å². The number of H-pyrrole nitrogens is 2. The minimum Gasteiger partial charge on any atom is -0.377 e. The molecule has 2 aromatic heterocycles. The van der Waals surface area contributed by atoms with E-state index in [0.29, 0.717) is 31.4 Å². The van der Waals surface area contributed by atoms with Gasteiger partial charge in [0.15, 0.2) is 0 Å². The van der Waals surface area contributed by atoms with Gasteiger partial charge in [-0.25, -0.2) is 0 Å². The molecule has 2 aromatic rings. The van der Waals surface area contributed by atoms with Crippen LogP contribution < -0.4 is 0 Å². The third kappa shape index (κ3) is 2.88. The summed E-state index contributed by atoms with van der Waals surface area (Å²) in [6.07, 6.45) is 0. The first kappa shape index (κ1) is 15.7. The Bertz CT molecular complexity index is 684. The minimum absolute atomic E-state index is 0.0681. The van der Waals surface area contributed by atoms with Crippen LogP contribution in [0.3, 0.4) is 0 Å². The van der Waals surface area contributed by atoms with Crippen molar-refractivity contribution in [3.63, 3.8) is 0 Å². The van der Waals surface area contributed by atoms with Gasteiger partial charge in [0.1, 0.15) is 5.69 Å². The van der Waals surface area contributed by atoms with Crippen LogP contribution in [0.2, 0.25) is 0 Å². The zero-order chi connectivity index (χ0) is 16.6. The Morgan fingerprint density at radius 1 is 1.35 bits per heavy atom. The Kier molecular flexibility index (Phi) is 4.21. The highest BCUT2D eigenvalue weighted by molar-refractivity contribution is 5.92. The normalized spacial score (nSPS) is 18.7. The van der Waals surface area contributed by atoms with Gasteiger partial charge in [-0.2, -0.15) is 10.2 Å². The Hall–Kier alpha value is -2.15. The second-order valence-electron chi connectivity index (χ2n) is 6.30. The lowest BCUT2D eigenvalue weighted by atomic mass is 10.0. The zero-order valence-electron chi connectivity index (χ0n) is 14.0. The van der Waals surface area contributed by atoms with Gasteiger partial charge in [-0.05, 0) is 25.8 Å². The fraction of sp³-hybridized carbons (Fsp3) is 0.562. The summed E-state index contributed by atoms with van der Waals surface area (Å²) in [5, 5.41) is 14.4. The van der Waals surface area contributed by atoms with Crippen molar-refractivity contribution in [2.24, 2.45) is 0 Å². The van der Waals surface area contributed by atoms with Crippen molar-refractivity contribution in [3.05, 3.63) is 34.4 Å². The SMILES string of the molecule is Cc1n[nH]c(C)c1[C@H]1COCCN1C(=O)c1cc(C(C)C)[nH]n1. The van der Waals surface area contributed by atoms with Crippen molar-refractivity contribution in [1.82, 2.24) is 25.3 Å². The molecule has 0 saturated carbocycles. The summed E-state index contributed by atoms with van der Waals surface area (Å²) in [4.78, 5) is 14.8. The second-order valence-corrected chi connectivity index (χ2v) is 6.30. The lowest BCUT2D eigenvalue weighted by molar-refractivity contribution is -0.00332. The van der Waals surface area contributed by atoms with Crippen molar-refractivity contribution in [3.8, 4) is 0 Å². The number of aryl methyl sites for hydroxylation is 2. The van der Waals surface area contributed by atoms with Gasteiger partial charge < -0.3 is 9.64 Å². The monoisotopic (exact) mass is 317 g/mol. The van der Waals surface area contributed by atoms with Crippen molar-refractivity contribution < 1.29 is 9.53 Å². The number of hydrogen-bond donors (Lipinski definition) is 2. The van der Waals surface area contributed by atoms with Gasteiger partial charge in [-0.1, -0.05) is 13.8 Å². The van der Waals surface area contributed by atoms with Crippen LogP contribution in [0.4, 0.5) is 0 Å². The number of aromatic nitrogens is 4. The number of amides is 1. The predicted molar refractivity (Wildman–Crippen MR) is 85.3 cm³/mol. The molecule has 0 radical (unpaired) electrons. The molecule has 1 atom stereocenters. The molecule has 1 fully saturated rings. The smallest absolute Gasteiger partial charge is 0.275 e. The molecule has 0 unspecified atom stereocenters. The molecule has 7 nitrogen and oxygen atoms in total. The molecule has 3 heterocycles. The van der Waals surface area contributed by atoms with Crippen LogP contribution in [0, 0.1) is 13.8 Å². The van der Waals surface area contributed by atoms with Gasteiger partial charge in [0, 0.05) is 23.5 Å². The van der Waals surface area contributed by atoms with E-state index in [2.05, 4.69) is 34.2 Å². The number of hydrogen-bond acceptors (Lipinski definition) is 4. The molecule has 0 aliphatic carbocycles. The van der Waals surface area contributed by atoms with Crippen molar-refractivity contribution >= 4 is 5.91 Å². The van der Waals surface area contributed by atoms with E-state index in [1.807, 2.05) is 24.8 Å². The molecular formula is C16H23N5O2. The van der Waals surface area contributed by atoms with Crippen LogP contribution in [0.25, 0.3) is 0 Å². The fourth-order valence-electron chi connectivity index (χ4n) is 3.03. The van der Waals surface area contributed by atoms with Crippen molar-refractivity contribution in [2.75, 3.05) is 19.8 Å². The third-order valence-electron chi connectivity index (χ3n) is 4.35. The van der Waals surface area contributed by atoms with Gasteiger partial charge in [0.25, 0.3) is 5.91 Å². The number of morpholine rings is 1. The van der Waals surface area contributed by atoms with Crippen LogP contribution in [0.5, 0.6) is 0 Å². The first-order valence-corrected chi connectivity index (χ1v) is 7.94. The Morgan fingerprint density at radius 2 is 2.13 bits per heavy atom. The summed E-state index contributed by atoms with van der Waals surface area (Å²) >= 11 is 0. The summed E-state index contributed by atoms with van der Waals surface area (Å²) in [6, 6.07) is 1.71. The Morgan fingerprint density at radius 3 is 2.74 bits per heavy atom. The summed E-state index contributed by atoms with van der Waals surface area (Å²) in [5.41, 5.74) is 4.34. The molecule has 124 valence electrons. The quantitative estimate of drug-likeness (QED) is 0.907. The Labute approximate surface area is 135 Å². The van der Waals surface area contributed by atoms with Crippen molar-refractivity contribution in [2.45, 2.75) is 39.7 Å². The second kappa shape index (κ2) is 6.16. The average Bonchev–Trinajstić information content (AvgIpc) is 3.14. The van der Waals surface area contributed by atoms with E-state index >= 15 is 0 Å². The summed E-state index contributed by atoms with van der Waals surface area (Å²) in [7, 11) is 0. The maximum absolute atomic E-state index is 12.9. The molecule has 1 amide bonds. The van der Waals surface area contributed by atoms with E-state index in [4.69, 9.17) is 4.74 Å². The molecule has 0 aromatic carbocycles. The first-order chi connectivity index (χ1) is 11.0. The number of nitrogens with zero attached hydrogens (tertiary/aromatic N) is 3. The topological polar surface area (TPSA) is 86.9 Å². The molecule has 1 aliphatic heterocycles. The molecule has 0 spiro atoms. The van der Waals surface area contributed by atoms with Crippen molar-refractivity contribution in [1.29, 1.82) is 0 Å². The maximum atomic E-state index is 12.9. The van der Waals surface area contributed by atoms with Crippen LogP contribution in [-0.4, -0.2) is 51.0 Å². The third-order valence-corrected chi connectivity index (χ3v) is 4.35. The Balaban J connectivity index is 1.90. The average molecular weight is 317 g/mol. The van der Waals surface area contributed by atoms with E-state index in [9.17, 15) is 4.79 Å². The standard InChI is InChI=1S/C16H23N5O2/c1-9(2)12-7-13(20-19-12)16(22)21-5-6-23-8-14(21)15-10(3)17-18-11(15)4/h7,9,14H,5-6,8H2,1-4H3,(H,17,18)(H,19,20)/t14-/m1/s1. The predicted octanol–water partition coefficient (Wildman–Crippen LogP) is 2.09.